The number of amides is 1. The maximum Gasteiger partial charge on any atom is 0.407 e. The standard InChI is InChI=1S/C15H27NO3/c1-13(2,3)19-12(18)16-10-15(6)8-11(17)7-14(4,5)9-15/h7-10H2,1-6H3,(H,16,18). The van der Waals surface area contributed by atoms with E-state index in [-0.39, 0.29) is 16.6 Å². The van der Waals surface area contributed by atoms with Gasteiger partial charge in [0, 0.05) is 19.4 Å². The van der Waals surface area contributed by atoms with Crippen LogP contribution < -0.4 is 5.32 Å². The second-order valence-corrected chi connectivity index (χ2v) is 7.90. The Hall–Kier alpha value is -1.06. The van der Waals surface area contributed by atoms with Gasteiger partial charge < -0.3 is 10.1 Å². The Balaban J connectivity index is 2.56. The number of alkyl carbamates (subject to hydrolysis) is 1. The zero-order chi connectivity index (χ0) is 14.9. The molecule has 1 amide bonds. The minimum absolute atomic E-state index is 0.0136. The second-order valence-electron chi connectivity index (χ2n) is 7.90. The Morgan fingerprint density at radius 2 is 1.84 bits per heavy atom. The third-order valence-corrected chi connectivity index (χ3v) is 3.26. The quantitative estimate of drug-likeness (QED) is 0.837. The highest BCUT2D eigenvalue weighted by atomic mass is 16.6. The van der Waals surface area contributed by atoms with Crippen molar-refractivity contribution in [2.75, 3.05) is 6.54 Å². The molecule has 4 nitrogen and oxygen atoms in total. The van der Waals surface area contributed by atoms with E-state index in [1.807, 2.05) is 20.8 Å². The summed E-state index contributed by atoms with van der Waals surface area (Å²) in [5.41, 5.74) is -0.651. The second kappa shape index (κ2) is 5.14. The summed E-state index contributed by atoms with van der Waals surface area (Å²) in [4.78, 5) is 23.5. The van der Waals surface area contributed by atoms with Crippen LogP contribution in [0.15, 0.2) is 0 Å². The number of rotatable bonds is 2. The van der Waals surface area contributed by atoms with E-state index >= 15 is 0 Å². The molecule has 0 saturated heterocycles. The number of Topliss-reactive ketones (excluding diaryl/α,β-unsaturated/α-hetero) is 1. The summed E-state index contributed by atoms with van der Waals surface area (Å²) < 4.78 is 5.22. The lowest BCUT2D eigenvalue weighted by Crippen LogP contribution is -2.44. The molecular formula is C15H27NO3. The van der Waals surface area contributed by atoms with Crippen molar-refractivity contribution < 1.29 is 14.3 Å². The first kappa shape index (κ1) is 16.0. The molecule has 1 aliphatic rings. The van der Waals surface area contributed by atoms with E-state index < -0.39 is 11.7 Å². The van der Waals surface area contributed by atoms with Crippen LogP contribution in [0.3, 0.4) is 0 Å². The number of ketones is 1. The minimum atomic E-state index is -0.493. The number of carbonyl (C=O) groups excluding carboxylic acids is 2. The van der Waals surface area contributed by atoms with Gasteiger partial charge in [-0.25, -0.2) is 4.79 Å². The van der Waals surface area contributed by atoms with Gasteiger partial charge in [-0.3, -0.25) is 4.79 Å². The van der Waals surface area contributed by atoms with Gasteiger partial charge in [-0.2, -0.15) is 0 Å². The SMILES string of the molecule is CC1(C)CC(=O)CC(C)(CNC(=O)OC(C)(C)C)C1. The molecule has 110 valence electrons. The molecule has 0 aliphatic heterocycles. The smallest absolute Gasteiger partial charge is 0.407 e. The van der Waals surface area contributed by atoms with E-state index in [1.54, 1.807) is 0 Å². The highest BCUT2D eigenvalue weighted by Crippen LogP contribution is 2.43. The van der Waals surface area contributed by atoms with E-state index in [0.717, 1.165) is 6.42 Å². The molecule has 19 heavy (non-hydrogen) atoms. The van der Waals surface area contributed by atoms with Crippen molar-refractivity contribution in [3.8, 4) is 0 Å². The molecule has 1 aliphatic carbocycles. The molecule has 1 unspecified atom stereocenters. The molecule has 0 heterocycles. The molecule has 1 N–H and O–H groups in total. The van der Waals surface area contributed by atoms with Gasteiger partial charge in [0.1, 0.15) is 11.4 Å². The lowest BCUT2D eigenvalue weighted by molar-refractivity contribution is -0.127. The van der Waals surface area contributed by atoms with Crippen LogP contribution >= 0.6 is 0 Å². The molecule has 0 aromatic rings. The first-order valence-electron chi connectivity index (χ1n) is 6.89. The maximum absolute atomic E-state index is 11.8. The maximum atomic E-state index is 11.8. The molecule has 4 heteroatoms. The van der Waals surface area contributed by atoms with Crippen molar-refractivity contribution in [3.63, 3.8) is 0 Å². The molecule has 1 atom stereocenters. The monoisotopic (exact) mass is 269 g/mol. The number of carbonyl (C=O) groups is 2. The van der Waals surface area contributed by atoms with Gasteiger partial charge in [0.2, 0.25) is 0 Å². The first-order chi connectivity index (χ1) is 8.41. The summed E-state index contributed by atoms with van der Waals surface area (Å²) in [5, 5.41) is 2.79. The van der Waals surface area contributed by atoms with Crippen LogP contribution in [0.5, 0.6) is 0 Å². The molecule has 0 aromatic carbocycles. The average Bonchev–Trinajstić information content (AvgIpc) is 2.07. The molecule has 1 fully saturated rings. The minimum Gasteiger partial charge on any atom is -0.444 e. The summed E-state index contributed by atoms with van der Waals surface area (Å²) in [6.45, 7) is 12.3. The average molecular weight is 269 g/mol. The van der Waals surface area contributed by atoms with E-state index in [1.165, 1.54) is 0 Å². The Kier molecular flexibility index (Phi) is 4.33. The fourth-order valence-corrected chi connectivity index (χ4v) is 3.08. The number of nitrogens with one attached hydrogen (secondary N) is 1. The van der Waals surface area contributed by atoms with Crippen molar-refractivity contribution in [3.05, 3.63) is 0 Å². The normalized spacial score (nSPS) is 26.9. The summed E-state index contributed by atoms with van der Waals surface area (Å²) in [6.07, 6.45) is 1.69. The molecule has 0 spiro atoms. The van der Waals surface area contributed by atoms with Gasteiger partial charge in [-0.05, 0) is 38.0 Å². The van der Waals surface area contributed by atoms with E-state index in [2.05, 4.69) is 26.1 Å². The Morgan fingerprint density at radius 3 is 2.32 bits per heavy atom. The third-order valence-electron chi connectivity index (χ3n) is 3.26. The van der Waals surface area contributed by atoms with Gasteiger partial charge in [-0.15, -0.1) is 0 Å². The van der Waals surface area contributed by atoms with Crippen LogP contribution in [0.1, 0.15) is 60.8 Å². The third kappa shape index (κ3) is 5.62. The summed E-state index contributed by atoms with van der Waals surface area (Å²) in [7, 11) is 0. The largest absolute Gasteiger partial charge is 0.444 e. The highest BCUT2D eigenvalue weighted by Gasteiger charge is 2.40. The van der Waals surface area contributed by atoms with Gasteiger partial charge in [0.05, 0.1) is 0 Å². The number of hydrogen-bond acceptors (Lipinski definition) is 3. The van der Waals surface area contributed by atoms with Gasteiger partial charge in [0.25, 0.3) is 0 Å². The summed E-state index contributed by atoms with van der Waals surface area (Å²) >= 11 is 0. The van der Waals surface area contributed by atoms with Crippen LogP contribution in [0.2, 0.25) is 0 Å². The molecule has 1 rings (SSSR count). The molecule has 1 saturated carbocycles. The Labute approximate surface area is 116 Å². The lowest BCUT2D eigenvalue weighted by atomic mass is 9.64. The number of ether oxygens (including phenoxy) is 1. The van der Waals surface area contributed by atoms with Gasteiger partial charge in [0.15, 0.2) is 0 Å². The molecule has 0 radical (unpaired) electrons. The molecule has 0 bridgehead atoms. The van der Waals surface area contributed by atoms with Crippen molar-refractivity contribution >= 4 is 11.9 Å². The summed E-state index contributed by atoms with van der Waals surface area (Å²) in [6, 6.07) is 0. The Bertz CT molecular complexity index is 368. The van der Waals surface area contributed by atoms with E-state index in [4.69, 9.17) is 4.74 Å². The van der Waals surface area contributed by atoms with Crippen molar-refractivity contribution in [1.82, 2.24) is 5.32 Å². The van der Waals surface area contributed by atoms with Crippen LogP contribution in [-0.4, -0.2) is 24.0 Å². The predicted molar refractivity (Wildman–Crippen MR) is 75.0 cm³/mol. The van der Waals surface area contributed by atoms with Crippen LogP contribution in [0, 0.1) is 10.8 Å². The topological polar surface area (TPSA) is 55.4 Å². The first-order valence-corrected chi connectivity index (χ1v) is 6.89. The van der Waals surface area contributed by atoms with Crippen molar-refractivity contribution in [2.24, 2.45) is 10.8 Å². The number of hydrogen-bond donors (Lipinski definition) is 1. The Morgan fingerprint density at radius 1 is 1.26 bits per heavy atom. The van der Waals surface area contributed by atoms with Crippen LogP contribution in [0.25, 0.3) is 0 Å². The van der Waals surface area contributed by atoms with E-state index in [0.29, 0.717) is 19.4 Å². The fraction of sp³-hybridized carbons (Fsp3) is 0.867. The zero-order valence-electron chi connectivity index (χ0n) is 13.1. The van der Waals surface area contributed by atoms with Crippen LogP contribution in [-0.2, 0) is 9.53 Å². The fourth-order valence-electron chi connectivity index (χ4n) is 3.08. The highest BCUT2D eigenvalue weighted by molar-refractivity contribution is 5.80. The van der Waals surface area contributed by atoms with Gasteiger partial charge >= 0.3 is 6.09 Å². The van der Waals surface area contributed by atoms with Crippen molar-refractivity contribution in [1.29, 1.82) is 0 Å². The van der Waals surface area contributed by atoms with Crippen LogP contribution in [0.4, 0.5) is 4.79 Å². The molecular weight excluding hydrogens is 242 g/mol. The lowest BCUT2D eigenvalue weighted by Gasteiger charge is -2.42. The van der Waals surface area contributed by atoms with Gasteiger partial charge in [-0.1, -0.05) is 20.8 Å². The summed E-state index contributed by atoms with van der Waals surface area (Å²) in [5.74, 6) is 0.282. The predicted octanol–water partition coefficient (Wildman–Crippen LogP) is 3.30. The van der Waals surface area contributed by atoms with E-state index in [9.17, 15) is 9.59 Å². The zero-order valence-corrected chi connectivity index (χ0v) is 13.1. The van der Waals surface area contributed by atoms with Crippen molar-refractivity contribution in [2.45, 2.75) is 66.4 Å². The molecule has 0 aromatic heterocycles.